The van der Waals surface area contributed by atoms with Gasteiger partial charge in [-0.1, -0.05) is 30.3 Å². The fourth-order valence-electron chi connectivity index (χ4n) is 3.07. The SMILES string of the molecule is COc1cc(OC)cc(OC(=O)[C@H](Cc2ccccc2)Nc2ncncc2CC(F)(F)F)c1. The number of anilines is 1. The summed E-state index contributed by atoms with van der Waals surface area (Å²) < 4.78 is 54.9. The Bertz CT molecular complexity index is 1060. The minimum Gasteiger partial charge on any atom is -0.496 e. The third-order valence-corrected chi connectivity index (χ3v) is 4.60. The van der Waals surface area contributed by atoms with Crippen molar-refractivity contribution < 1.29 is 32.2 Å². The summed E-state index contributed by atoms with van der Waals surface area (Å²) in [7, 11) is 2.91. The molecule has 3 rings (SSSR count). The molecule has 0 saturated heterocycles. The molecule has 0 aliphatic rings. The zero-order valence-corrected chi connectivity index (χ0v) is 17.9. The highest BCUT2D eigenvalue weighted by atomic mass is 19.4. The van der Waals surface area contributed by atoms with Gasteiger partial charge in [0.25, 0.3) is 0 Å². The van der Waals surface area contributed by atoms with E-state index in [1.807, 2.05) is 6.07 Å². The molecule has 174 valence electrons. The Morgan fingerprint density at radius 1 is 1.03 bits per heavy atom. The predicted molar refractivity (Wildman–Crippen MR) is 115 cm³/mol. The summed E-state index contributed by atoms with van der Waals surface area (Å²) in [6.45, 7) is 0. The number of hydrogen-bond donors (Lipinski definition) is 1. The van der Waals surface area contributed by atoms with E-state index in [-0.39, 0.29) is 23.6 Å². The number of rotatable bonds is 9. The molecular formula is C23H22F3N3O4. The van der Waals surface area contributed by atoms with Crippen molar-refractivity contribution in [2.24, 2.45) is 0 Å². The third kappa shape index (κ3) is 7.09. The number of carbonyl (C=O) groups excluding carboxylic acids is 1. The van der Waals surface area contributed by atoms with Crippen LogP contribution < -0.4 is 19.5 Å². The molecule has 0 spiro atoms. The molecule has 1 atom stereocenters. The third-order valence-electron chi connectivity index (χ3n) is 4.60. The highest BCUT2D eigenvalue weighted by molar-refractivity contribution is 5.82. The lowest BCUT2D eigenvalue weighted by Gasteiger charge is -2.20. The molecule has 7 nitrogen and oxygen atoms in total. The molecule has 0 saturated carbocycles. The molecule has 0 aliphatic carbocycles. The average Bonchev–Trinajstić information content (AvgIpc) is 2.79. The molecule has 2 aromatic carbocycles. The number of nitrogens with zero attached hydrogens (tertiary/aromatic N) is 2. The largest absolute Gasteiger partial charge is 0.496 e. The van der Waals surface area contributed by atoms with Gasteiger partial charge in [-0.3, -0.25) is 0 Å². The molecule has 0 radical (unpaired) electrons. The van der Waals surface area contributed by atoms with Gasteiger partial charge in [0.1, 0.15) is 35.4 Å². The second-order valence-electron chi connectivity index (χ2n) is 7.04. The molecule has 0 bridgehead atoms. The standard InChI is InChI=1S/C23H22F3N3O4/c1-31-17-9-18(32-2)11-19(10-17)33-22(30)20(8-15-6-4-3-5-7-15)29-21-16(12-23(24,25)26)13-27-14-28-21/h3-7,9-11,13-14,20H,8,12H2,1-2H3,(H,27,28,29)/t20-/m0/s1. The maximum atomic E-state index is 13.1. The van der Waals surface area contributed by atoms with E-state index in [9.17, 15) is 18.0 Å². The first-order chi connectivity index (χ1) is 15.8. The van der Waals surface area contributed by atoms with Gasteiger partial charge in [-0.15, -0.1) is 0 Å². The van der Waals surface area contributed by atoms with Crippen LogP contribution in [0.5, 0.6) is 17.2 Å². The van der Waals surface area contributed by atoms with Gasteiger partial charge in [0, 0.05) is 36.4 Å². The Balaban J connectivity index is 1.89. The maximum Gasteiger partial charge on any atom is 0.393 e. The van der Waals surface area contributed by atoms with Crippen LogP contribution in [0, 0.1) is 0 Å². The quantitative estimate of drug-likeness (QED) is 0.377. The summed E-state index contributed by atoms with van der Waals surface area (Å²) in [5.74, 6) is 0.171. The number of hydrogen-bond acceptors (Lipinski definition) is 7. The number of methoxy groups -OCH3 is 2. The second kappa shape index (κ2) is 10.7. The van der Waals surface area contributed by atoms with Crippen molar-refractivity contribution >= 4 is 11.8 Å². The fraction of sp³-hybridized carbons (Fsp3) is 0.261. The Morgan fingerprint density at radius 3 is 2.27 bits per heavy atom. The highest BCUT2D eigenvalue weighted by Gasteiger charge is 2.31. The molecule has 10 heteroatoms. The molecule has 33 heavy (non-hydrogen) atoms. The van der Waals surface area contributed by atoms with Crippen molar-refractivity contribution in [3.63, 3.8) is 0 Å². The fourth-order valence-corrected chi connectivity index (χ4v) is 3.07. The maximum absolute atomic E-state index is 13.1. The first kappa shape index (κ1) is 23.8. The van der Waals surface area contributed by atoms with Crippen LogP contribution in [-0.2, 0) is 17.6 Å². The number of aromatic nitrogens is 2. The summed E-state index contributed by atoms with van der Waals surface area (Å²) in [6.07, 6.45) is -3.37. The smallest absolute Gasteiger partial charge is 0.393 e. The number of esters is 1. The van der Waals surface area contributed by atoms with E-state index in [0.29, 0.717) is 11.5 Å². The van der Waals surface area contributed by atoms with Crippen LogP contribution in [0.15, 0.2) is 61.1 Å². The zero-order valence-electron chi connectivity index (χ0n) is 17.9. The van der Waals surface area contributed by atoms with E-state index in [1.54, 1.807) is 30.3 Å². The Labute approximate surface area is 188 Å². The highest BCUT2D eigenvalue weighted by Crippen LogP contribution is 2.29. The van der Waals surface area contributed by atoms with Crippen LogP contribution in [0.2, 0.25) is 0 Å². The van der Waals surface area contributed by atoms with Crippen molar-refractivity contribution in [3.05, 3.63) is 72.2 Å². The van der Waals surface area contributed by atoms with Crippen LogP contribution in [0.4, 0.5) is 19.0 Å². The monoisotopic (exact) mass is 461 g/mol. The minimum absolute atomic E-state index is 0.0940. The number of alkyl halides is 3. The molecular weight excluding hydrogens is 439 g/mol. The Kier molecular flexibility index (Phi) is 7.70. The van der Waals surface area contributed by atoms with Crippen molar-refractivity contribution in [2.45, 2.75) is 25.1 Å². The topological polar surface area (TPSA) is 82.6 Å². The predicted octanol–water partition coefficient (Wildman–Crippen LogP) is 4.23. The first-order valence-electron chi connectivity index (χ1n) is 9.88. The summed E-state index contributed by atoms with van der Waals surface area (Å²) in [5, 5.41) is 2.81. The Morgan fingerprint density at radius 2 is 1.67 bits per heavy atom. The van der Waals surface area contributed by atoms with Crippen LogP contribution in [0.25, 0.3) is 0 Å². The molecule has 1 aromatic heterocycles. The van der Waals surface area contributed by atoms with Gasteiger partial charge in [-0.25, -0.2) is 14.8 Å². The van der Waals surface area contributed by atoms with Gasteiger partial charge in [0.2, 0.25) is 0 Å². The average molecular weight is 461 g/mol. The Hall–Kier alpha value is -3.82. The van der Waals surface area contributed by atoms with E-state index in [4.69, 9.17) is 14.2 Å². The number of halogens is 3. The molecule has 1 N–H and O–H groups in total. The number of nitrogens with one attached hydrogen (secondary N) is 1. The second-order valence-corrected chi connectivity index (χ2v) is 7.04. The van der Waals surface area contributed by atoms with Crippen molar-refractivity contribution in [1.82, 2.24) is 9.97 Å². The summed E-state index contributed by atoms with van der Waals surface area (Å²) >= 11 is 0. The van der Waals surface area contributed by atoms with Crippen LogP contribution >= 0.6 is 0 Å². The van der Waals surface area contributed by atoms with Gasteiger partial charge >= 0.3 is 12.1 Å². The van der Waals surface area contributed by atoms with Gasteiger partial charge in [-0.05, 0) is 5.56 Å². The van der Waals surface area contributed by atoms with Crippen molar-refractivity contribution in [1.29, 1.82) is 0 Å². The molecule has 1 heterocycles. The van der Waals surface area contributed by atoms with Crippen LogP contribution in [0.1, 0.15) is 11.1 Å². The summed E-state index contributed by atoms with van der Waals surface area (Å²) in [6, 6.07) is 12.6. The van der Waals surface area contributed by atoms with Gasteiger partial charge in [0.15, 0.2) is 0 Å². The van der Waals surface area contributed by atoms with E-state index >= 15 is 0 Å². The van der Waals surface area contributed by atoms with E-state index in [2.05, 4.69) is 15.3 Å². The normalized spacial score (nSPS) is 12.0. The number of ether oxygens (including phenoxy) is 3. The van der Waals surface area contributed by atoms with E-state index in [0.717, 1.165) is 18.1 Å². The van der Waals surface area contributed by atoms with Crippen molar-refractivity contribution in [3.8, 4) is 17.2 Å². The summed E-state index contributed by atoms with van der Waals surface area (Å²) in [5.41, 5.74) is 0.598. The van der Waals surface area contributed by atoms with E-state index < -0.39 is 24.6 Å². The van der Waals surface area contributed by atoms with Crippen LogP contribution in [0.3, 0.4) is 0 Å². The lowest BCUT2D eigenvalue weighted by Crippen LogP contribution is -2.36. The van der Waals surface area contributed by atoms with Gasteiger partial charge < -0.3 is 19.5 Å². The molecule has 3 aromatic rings. The lowest BCUT2D eigenvalue weighted by molar-refractivity contribution is -0.135. The molecule has 0 amide bonds. The molecule has 0 unspecified atom stereocenters. The summed E-state index contributed by atoms with van der Waals surface area (Å²) in [4.78, 5) is 20.7. The van der Waals surface area contributed by atoms with E-state index in [1.165, 1.54) is 26.4 Å². The van der Waals surface area contributed by atoms with Crippen molar-refractivity contribution in [2.75, 3.05) is 19.5 Å². The first-order valence-corrected chi connectivity index (χ1v) is 9.88. The number of carbonyl (C=O) groups is 1. The zero-order chi connectivity index (χ0) is 23.8. The van der Waals surface area contributed by atoms with Gasteiger partial charge in [0.05, 0.1) is 20.6 Å². The molecule has 0 fully saturated rings. The lowest BCUT2D eigenvalue weighted by atomic mass is 10.1. The van der Waals surface area contributed by atoms with Crippen LogP contribution in [-0.4, -0.2) is 42.4 Å². The number of benzene rings is 2. The van der Waals surface area contributed by atoms with Gasteiger partial charge in [-0.2, -0.15) is 13.2 Å². The molecule has 0 aliphatic heterocycles. The minimum atomic E-state index is -4.46.